The van der Waals surface area contributed by atoms with Gasteiger partial charge in [0.2, 0.25) is 0 Å². The molecule has 1 rings (SSSR count). The standard InChI is InChI=1S/C10H10BrIO2/c1-6-3-4-7(5-8(13)14-2)10(12)9(6)11/h3-4H,5H2,1-2H3. The molecule has 0 aliphatic rings. The highest BCUT2D eigenvalue weighted by molar-refractivity contribution is 14.1. The molecule has 0 saturated heterocycles. The number of methoxy groups -OCH3 is 1. The SMILES string of the molecule is COC(=O)Cc1ccc(C)c(Br)c1I. The van der Waals surface area contributed by atoms with Crippen LogP contribution in [0, 0.1) is 10.5 Å². The molecule has 0 radical (unpaired) electrons. The van der Waals surface area contributed by atoms with Crippen LogP contribution in [0.15, 0.2) is 16.6 Å². The van der Waals surface area contributed by atoms with Gasteiger partial charge in [-0.15, -0.1) is 0 Å². The lowest BCUT2D eigenvalue weighted by atomic mass is 10.1. The van der Waals surface area contributed by atoms with Crippen molar-refractivity contribution >= 4 is 44.5 Å². The fourth-order valence-electron chi connectivity index (χ4n) is 1.05. The Morgan fingerprint density at radius 3 is 2.79 bits per heavy atom. The van der Waals surface area contributed by atoms with Gasteiger partial charge in [0.05, 0.1) is 13.5 Å². The Morgan fingerprint density at radius 2 is 2.21 bits per heavy atom. The number of ether oxygens (including phenoxy) is 1. The maximum Gasteiger partial charge on any atom is 0.310 e. The van der Waals surface area contributed by atoms with E-state index in [-0.39, 0.29) is 5.97 Å². The van der Waals surface area contributed by atoms with Crippen LogP contribution in [0.4, 0.5) is 0 Å². The lowest BCUT2D eigenvalue weighted by Crippen LogP contribution is -2.06. The zero-order valence-corrected chi connectivity index (χ0v) is 11.7. The van der Waals surface area contributed by atoms with E-state index >= 15 is 0 Å². The third kappa shape index (κ3) is 2.70. The Bertz CT molecular complexity index is 363. The second kappa shape index (κ2) is 5.11. The molecule has 0 spiro atoms. The highest BCUT2D eigenvalue weighted by Gasteiger charge is 2.10. The van der Waals surface area contributed by atoms with Crippen LogP contribution in [-0.2, 0) is 16.0 Å². The molecule has 0 aliphatic carbocycles. The fourth-order valence-corrected chi connectivity index (χ4v) is 2.23. The molecule has 1 aromatic rings. The Labute approximate surface area is 105 Å². The first-order chi connectivity index (χ1) is 6.56. The number of esters is 1. The summed E-state index contributed by atoms with van der Waals surface area (Å²) in [5.74, 6) is -0.210. The van der Waals surface area contributed by atoms with E-state index in [2.05, 4.69) is 43.3 Å². The minimum atomic E-state index is -0.210. The molecule has 0 bridgehead atoms. The summed E-state index contributed by atoms with van der Waals surface area (Å²) >= 11 is 5.71. The van der Waals surface area contributed by atoms with Crippen LogP contribution in [-0.4, -0.2) is 13.1 Å². The lowest BCUT2D eigenvalue weighted by molar-refractivity contribution is -0.139. The first kappa shape index (κ1) is 12.0. The molecule has 0 amide bonds. The molecule has 0 aliphatic heterocycles. The number of rotatable bonds is 2. The maximum absolute atomic E-state index is 11.1. The summed E-state index contributed by atoms with van der Waals surface area (Å²) in [6.45, 7) is 2.02. The van der Waals surface area contributed by atoms with Crippen molar-refractivity contribution in [3.63, 3.8) is 0 Å². The van der Waals surface area contributed by atoms with Gasteiger partial charge in [-0.25, -0.2) is 0 Å². The molecule has 0 unspecified atom stereocenters. The third-order valence-corrected chi connectivity index (χ3v) is 4.91. The van der Waals surface area contributed by atoms with Crippen molar-refractivity contribution < 1.29 is 9.53 Å². The molecule has 76 valence electrons. The number of hydrogen-bond acceptors (Lipinski definition) is 2. The topological polar surface area (TPSA) is 26.3 Å². The number of benzene rings is 1. The van der Waals surface area contributed by atoms with Gasteiger partial charge < -0.3 is 4.74 Å². The quantitative estimate of drug-likeness (QED) is 0.592. The van der Waals surface area contributed by atoms with Gasteiger partial charge in [0.15, 0.2) is 0 Å². The molecule has 0 N–H and O–H groups in total. The number of hydrogen-bond donors (Lipinski definition) is 0. The van der Waals surface area contributed by atoms with Gasteiger partial charge in [0.1, 0.15) is 0 Å². The second-order valence-electron chi connectivity index (χ2n) is 2.92. The Morgan fingerprint density at radius 1 is 1.57 bits per heavy atom. The van der Waals surface area contributed by atoms with E-state index < -0.39 is 0 Å². The number of halogens is 2. The highest BCUT2D eigenvalue weighted by Crippen LogP contribution is 2.26. The van der Waals surface area contributed by atoms with Crippen LogP contribution in [0.2, 0.25) is 0 Å². The average Bonchev–Trinajstić information content (AvgIpc) is 2.19. The summed E-state index contributed by atoms with van der Waals surface area (Å²) in [5.41, 5.74) is 2.16. The minimum absolute atomic E-state index is 0.210. The summed E-state index contributed by atoms with van der Waals surface area (Å²) in [6, 6.07) is 3.95. The average molecular weight is 369 g/mol. The van der Waals surface area contributed by atoms with Crippen molar-refractivity contribution in [1.82, 2.24) is 0 Å². The molecule has 0 atom stereocenters. The smallest absolute Gasteiger partial charge is 0.310 e. The van der Waals surface area contributed by atoms with Crippen molar-refractivity contribution in [2.75, 3.05) is 7.11 Å². The van der Waals surface area contributed by atoms with Crippen molar-refractivity contribution in [2.45, 2.75) is 13.3 Å². The van der Waals surface area contributed by atoms with Gasteiger partial charge >= 0.3 is 5.97 Å². The van der Waals surface area contributed by atoms with E-state index in [1.807, 2.05) is 19.1 Å². The van der Waals surface area contributed by atoms with Gasteiger partial charge in [-0.2, -0.15) is 0 Å². The van der Waals surface area contributed by atoms with Gasteiger partial charge in [-0.05, 0) is 56.6 Å². The molecular weight excluding hydrogens is 359 g/mol. The maximum atomic E-state index is 11.1. The first-order valence-electron chi connectivity index (χ1n) is 4.06. The van der Waals surface area contributed by atoms with Gasteiger partial charge in [0, 0.05) is 8.04 Å². The lowest BCUT2D eigenvalue weighted by Gasteiger charge is -2.07. The fraction of sp³-hybridized carbons (Fsp3) is 0.300. The molecule has 0 heterocycles. The van der Waals surface area contributed by atoms with E-state index in [0.29, 0.717) is 6.42 Å². The summed E-state index contributed by atoms with van der Waals surface area (Å²) in [6.07, 6.45) is 0.327. The summed E-state index contributed by atoms with van der Waals surface area (Å²) in [5, 5.41) is 0. The van der Waals surface area contributed by atoms with Gasteiger partial charge in [0.25, 0.3) is 0 Å². The van der Waals surface area contributed by atoms with Crippen LogP contribution in [0.25, 0.3) is 0 Å². The van der Waals surface area contributed by atoms with Crippen molar-refractivity contribution in [3.8, 4) is 0 Å². The molecule has 2 nitrogen and oxygen atoms in total. The summed E-state index contributed by atoms with van der Waals surface area (Å²) in [7, 11) is 1.40. The predicted molar refractivity (Wildman–Crippen MR) is 67.3 cm³/mol. The summed E-state index contributed by atoms with van der Waals surface area (Å²) < 4.78 is 6.75. The monoisotopic (exact) mass is 368 g/mol. The molecule has 0 fully saturated rings. The Balaban J connectivity index is 3.00. The molecule has 0 saturated carbocycles. The highest BCUT2D eigenvalue weighted by atomic mass is 127. The second-order valence-corrected chi connectivity index (χ2v) is 4.79. The van der Waals surface area contributed by atoms with E-state index in [4.69, 9.17) is 0 Å². The molecule has 4 heteroatoms. The number of aryl methyl sites for hydroxylation is 1. The van der Waals surface area contributed by atoms with Crippen LogP contribution in [0.3, 0.4) is 0 Å². The van der Waals surface area contributed by atoms with Crippen molar-refractivity contribution in [1.29, 1.82) is 0 Å². The van der Waals surface area contributed by atoms with E-state index in [1.165, 1.54) is 12.7 Å². The van der Waals surface area contributed by atoms with E-state index in [0.717, 1.165) is 13.6 Å². The zero-order valence-electron chi connectivity index (χ0n) is 7.93. The molecular formula is C10H10BrIO2. The van der Waals surface area contributed by atoms with Gasteiger partial charge in [-0.1, -0.05) is 12.1 Å². The first-order valence-corrected chi connectivity index (χ1v) is 5.93. The van der Waals surface area contributed by atoms with Crippen LogP contribution < -0.4 is 0 Å². The number of carbonyl (C=O) groups is 1. The zero-order chi connectivity index (χ0) is 10.7. The minimum Gasteiger partial charge on any atom is -0.469 e. The molecule has 14 heavy (non-hydrogen) atoms. The third-order valence-electron chi connectivity index (χ3n) is 1.92. The van der Waals surface area contributed by atoms with Gasteiger partial charge in [-0.3, -0.25) is 4.79 Å². The number of carbonyl (C=O) groups excluding carboxylic acids is 1. The Kier molecular flexibility index (Phi) is 4.37. The molecule has 1 aromatic carbocycles. The van der Waals surface area contributed by atoms with Crippen LogP contribution in [0.1, 0.15) is 11.1 Å². The molecule has 0 aromatic heterocycles. The largest absolute Gasteiger partial charge is 0.469 e. The van der Waals surface area contributed by atoms with E-state index in [9.17, 15) is 4.79 Å². The van der Waals surface area contributed by atoms with Crippen molar-refractivity contribution in [3.05, 3.63) is 31.3 Å². The van der Waals surface area contributed by atoms with E-state index in [1.54, 1.807) is 0 Å². The van der Waals surface area contributed by atoms with Crippen LogP contribution >= 0.6 is 38.5 Å². The summed E-state index contributed by atoms with van der Waals surface area (Å²) in [4.78, 5) is 11.1. The normalized spacial score (nSPS) is 10.0. The Hall–Kier alpha value is -0.100. The van der Waals surface area contributed by atoms with Crippen LogP contribution in [0.5, 0.6) is 0 Å². The predicted octanol–water partition coefficient (Wildman–Crippen LogP) is 3.08. The van der Waals surface area contributed by atoms with Crippen molar-refractivity contribution in [2.24, 2.45) is 0 Å².